The zero-order valence-corrected chi connectivity index (χ0v) is 11.3. The van der Waals surface area contributed by atoms with E-state index in [0.717, 1.165) is 5.76 Å². The summed E-state index contributed by atoms with van der Waals surface area (Å²) in [5.41, 5.74) is 0. The average Bonchev–Trinajstić information content (AvgIpc) is 2.64. The minimum absolute atomic E-state index is 0.123. The predicted molar refractivity (Wildman–Crippen MR) is 67.3 cm³/mol. The quantitative estimate of drug-likeness (QED) is 0.722. The van der Waals surface area contributed by atoms with Crippen molar-refractivity contribution < 1.29 is 12.8 Å². The van der Waals surface area contributed by atoms with Crippen LogP contribution >= 0.6 is 0 Å². The van der Waals surface area contributed by atoms with Crippen molar-refractivity contribution in [2.75, 3.05) is 19.3 Å². The lowest BCUT2D eigenvalue weighted by atomic mass is 10.3. The van der Waals surface area contributed by atoms with Crippen LogP contribution in [0, 0.1) is 6.92 Å². The lowest BCUT2D eigenvalue weighted by molar-refractivity contribution is 0.441. The van der Waals surface area contributed by atoms with Gasteiger partial charge < -0.3 is 9.73 Å². The third-order valence-electron chi connectivity index (χ3n) is 2.38. The number of sulfonamides is 1. The second-order valence-electron chi connectivity index (χ2n) is 4.06. The van der Waals surface area contributed by atoms with E-state index in [1.165, 1.54) is 0 Å². The first-order valence-corrected chi connectivity index (χ1v) is 7.31. The fourth-order valence-electron chi connectivity index (χ4n) is 1.51. The van der Waals surface area contributed by atoms with Crippen molar-refractivity contribution in [1.82, 2.24) is 10.0 Å². The third kappa shape index (κ3) is 4.89. The van der Waals surface area contributed by atoms with Gasteiger partial charge in [-0.05, 0) is 46.0 Å². The molecule has 0 bridgehead atoms. The second kappa shape index (κ2) is 6.18. The van der Waals surface area contributed by atoms with Crippen LogP contribution in [0.15, 0.2) is 16.5 Å². The summed E-state index contributed by atoms with van der Waals surface area (Å²) < 4.78 is 31.4. The van der Waals surface area contributed by atoms with Crippen LogP contribution in [0.4, 0.5) is 0 Å². The van der Waals surface area contributed by atoms with Crippen LogP contribution in [-0.4, -0.2) is 27.8 Å². The summed E-state index contributed by atoms with van der Waals surface area (Å²) in [5.74, 6) is 1.54. The maximum atomic E-state index is 11.7. The number of aryl methyl sites for hydroxylation is 1. The molecule has 0 fully saturated rings. The molecule has 1 aromatic rings. The molecule has 0 aliphatic rings. The molecule has 0 saturated carbocycles. The highest BCUT2D eigenvalue weighted by molar-refractivity contribution is 7.89. The van der Waals surface area contributed by atoms with E-state index in [1.807, 2.05) is 13.0 Å². The number of hydrogen-bond donors (Lipinski definition) is 2. The Labute approximate surface area is 103 Å². The predicted octanol–water partition coefficient (Wildman–Crippen LogP) is 1.18. The van der Waals surface area contributed by atoms with Crippen LogP contribution in [0.3, 0.4) is 0 Å². The Hall–Kier alpha value is -0.850. The molecule has 17 heavy (non-hydrogen) atoms. The molecule has 5 nitrogen and oxygen atoms in total. The minimum Gasteiger partial charge on any atom is -0.465 e. The van der Waals surface area contributed by atoms with Crippen molar-refractivity contribution in [3.8, 4) is 0 Å². The van der Waals surface area contributed by atoms with Gasteiger partial charge in [-0.3, -0.25) is 0 Å². The topological polar surface area (TPSA) is 71.3 Å². The molecule has 0 radical (unpaired) electrons. The monoisotopic (exact) mass is 260 g/mol. The van der Waals surface area contributed by atoms with Crippen LogP contribution in [0.1, 0.15) is 30.9 Å². The Balaban J connectivity index is 2.52. The number of nitrogens with one attached hydrogen (secondary N) is 2. The smallest absolute Gasteiger partial charge is 0.212 e. The molecule has 6 heteroatoms. The van der Waals surface area contributed by atoms with E-state index in [0.29, 0.717) is 18.7 Å². The molecule has 0 spiro atoms. The zero-order chi connectivity index (χ0) is 12.9. The molecule has 1 aromatic heterocycles. The molecule has 0 aliphatic heterocycles. The van der Waals surface area contributed by atoms with Gasteiger partial charge in [-0.15, -0.1) is 0 Å². The molecule has 1 rings (SSSR count). The van der Waals surface area contributed by atoms with Gasteiger partial charge in [0.05, 0.1) is 11.8 Å². The van der Waals surface area contributed by atoms with Crippen LogP contribution in [0.25, 0.3) is 0 Å². The van der Waals surface area contributed by atoms with Crippen molar-refractivity contribution in [3.63, 3.8) is 0 Å². The minimum atomic E-state index is -3.24. The van der Waals surface area contributed by atoms with Crippen molar-refractivity contribution in [2.24, 2.45) is 0 Å². The normalized spacial score (nSPS) is 13.8. The first-order valence-electron chi connectivity index (χ1n) is 5.65. The van der Waals surface area contributed by atoms with Gasteiger partial charge in [-0.2, -0.15) is 0 Å². The molecule has 98 valence electrons. The third-order valence-corrected chi connectivity index (χ3v) is 3.92. The summed E-state index contributed by atoms with van der Waals surface area (Å²) in [4.78, 5) is 0. The highest BCUT2D eigenvalue weighted by atomic mass is 32.2. The average molecular weight is 260 g/mol. The first-order chi connectivity index (χ1) is 7.94. The maximum Gasteiger partial charge on any atom is 0.212 e. The fourth-order valence-corrected chi connectivity index (χ4v) is 2.81. The Morgan fingerprint density at radius 2 is 2.12 bits per heavy atom. The molecular weight excluding hydrogens is 240 g/mol. The van der Waals surface area contributed by atoms with Gasteiger partial charge in [-0.25, -0.2) is 13.1 Å². The second-order valence-corrected chi connectivity index (χ2v) is 5.94. The Bertz CT molecular complexity index is 439. The highest BCUT2D eigenvalue weighted by Gasteiger charge is 2.17. The maximum absolute atomic E-state index is 11.7. The van der Waals surface area contributed by atoms with Gasteiger partial charge >= 0.3 is 0 Å². The Morgan fingerprint density at radius 1 is 1.41 bits per heavy atom. The van der Waals surface area contributed by atoms with E-state index >= 15 is 0 Å². The van der Waals surface area contributed by atoms with E-state index in [1.54, 1.807) is 20.0 Å². The van der Waals surface area contributed by atoms with E-state index in [-0.39, 0.29) is 11.8 Å². The Morgan fingerprint density at radius 3 is 2.65 bits per heavy atom. The molecule has 0 aromatic carbocycles. The standard InChI is InChI=1S/C11H20N2O3S/c1-9-5-6-11(16-9)10(2)13-17(14,15)8-4-7-12-3/h5-6,10,12-13H,4,7-8H2,1-3H3. The summed E-state index contributed by atoms with van der Waals surface area (Å²) in [6, 6.07) is 3.28. The molecule has 1 atom stereocenters. The van der Waals surface area contributed by atoms with Crippen LogP contribution < -0.4 is 10.0 Å². The van der Waals surface area contributed by atoms with Gasteiger partial charge in [0.15, 0.2) is 0 Å². The largest absolute Gasteiger partial charge is 0.465 e. The summed E-state index contributed by atoms with van der Waals surface area (Å²) in [5, 5.41) is 2.92. The molecular formula is C11H20N2O3S. The summed E-state index contributed by atoms with van der Waals surface area (Å²) in [6.07, 6.45) is 0.593. The molecule has 2 N–H and O–H groups in total. The van der Waals surface area contributed by atoms with E-state index in [2.05, 4.69) is 10.0 Å². The SMILES string of the molecule is CNCCCS(=O)(=O)NC(C)c1ccc(C)o1. The molecule has 0 amide bonds. The fraction of sp³-hybridized carbons (Fsp3) is 0.636. The van der Waals surface area contributed by atoms with E-state index in [4.69, 9.17) is 4.42 Å². The van der Waals surface area contributed by atoms with Gasteiger partial charge in [0.2, 0.25) is 10.0 Å². The highest BCUT2D eigenvalue weighted by Crippen LogP contribution is 2.16. The van der Waals surface area contributed by atoms with Gasteiger partial charge in [-0.1, -0.05) is 0 Å². The van der Waals surface area contributed by atoms with Gasteiger partial charge in [0.25, 0.3) is 0 Å². The molecule has 1 heterocycles. The number of rotatable bonds is 7. The molecule has 0 aliphatic carbocycles. The molecule has 1 unspecified atom stereocenters. The van der Waals surface area contributed by atoms with Crippen LogP contribution in [0.2, 0.25) is 0 Å². The van der Waals surface area contributed by atoms with E-state index in [9.17, 15) is 8.42 Å². The summed E-state index contributed by atoms with van der Waals surface area (Å²) >= 11 is 0. The Kier molecular flexibility index (Phi) is 5.17. The van der Waals surface area contributed by atoms with E-state index < -0.39 is 10.0 Å². The number of furan rings is 1. The van der Waals surface area contributed by atoms with Crippen LogP contribution in [0.5, 0.6) is 0 Å². The van der Waals surface area contributed by atoms with Gasteiger partial charge in [0.1, 0.15) is 11.5 Å². The lowest BCUT2D eigenvalue weighted by Crippen LogP contribution is -2.30. The van der Waals surface area contributed by atoms with Crippen molar-refractivity contribution in [1.29, 1.82) is 0 Å². The van der Waals surface area contributed by atoms with Crippen LogP contribution in [-0.2, 0) is 10.0 Å². The van der Waals surface area contributed by atoms with Crippen molar-refractivity contribution in [2.45, 2.75) is 26.3 Å². The van der Waals surface area contributed by atoms with Crippen molar-refractivity contribution in [3.05, 3.63) is 23.7 Å². The summed E-state index contributed by atoms with van der Waals surface area (Å²) in [6.45, 7) is 4.29. The molecule has 0 saturated heterocycles. The lowest BCUT2D eigenvalue weighted by Gasteiger charge is -2.11. The zero-order valence-electron chi connectivity index (χ0n) is 10.5. The first kappa shape index (κ1) is 14.2. The van der Waals surface area contributed by atoms with Gasteiger partial charge in [0, 0.05) is 0 Å². The van der Waals surface area contributed by atoms with Crippen molar-refractivity contribution >= 4 is 10.0 Å². The number of hydrogen-bond acceptors (Lipinski definition) is 4. The summed E-state index contributed by atoms with van der Waals surface area (Å²) in [7, 11) is -1.44.